The van der Waals surface area contributed by atoms with Gasteiger partial charge >= 0.3 is 0 Å². The number of primary amides is 1. The predicted molar refractivity (Wildman–Crippen MR) is 180 cm³/mol. The summed E-state index contributed by atoms with van der Waals surface area (Å²) in [5, 5.41) is 21.3. The number of carbonyl (C=O) groups is 5. The fourth-order valence-corrected chi connectivity index (χ4v) is 7.49. The number of carbonyl (C=O) groups excluding carboxylic acids is 5. The fourth-order valence-electron chi connectivity index (χ4n) is 6.32. The fraction of sp³-hybridized carbons (Fsp3) is 0.576. The zero-order valence-corrected chi connectivity index (χ0v) is 29.5. The summed E-state index contributed by atoms with van der Waals surface area (Å²) in [6, 6.07) is 2.17. The minimum absolute atomic E-state index is 0.00512. The van der Waals surface area contributed by atoms with E-state index in [-0.39, 0.29) is 53.8 Å². The van der Waals surface area contributed by atoms with Crippen molar-refractivity contribution in [2.24, 2.45) is 16.6 Å². The Hall–Kier alpha value is -4.35. The van der Waals surface area contributed by atoms with Crippen molar-refractivity contribution in [3.63, 3.8) is 0 Å². The molecule has 1 aromatic carbocycles. The van der Waals surface area contributed by atoms with Gasteiger partial charge in [0.1, 0.15) is 17.4 Å². The van der Waals surface area contributed by atoms with Gasteiger partial charge < -0.3 is 25.8 Å². The SMILES string of the molecule is COCCS(=O)(=O)c1ccc(C(=O)N=C(CC2CCCCC2)C(=O)N2C[C@@H](n3nncc3C(C)(C)O)C[C@H]2C(=O)NC(C)C(=O)C(N)=O)cc1. The van der Waals surface area contributed by atoms with E-state index in [0.717, 1.165) is 32.1 Å². The summed E-state index contributed by atoms with van der Waals surface area (Å²) in [5.41, 5.74) is 4.10. The molecule has 0 radical (unpaired) electrons. The molecule has 1 aromatic heterocycles. The van der Waals surface area contributed by atoms with E-state index in [9.17, 15) is 37.5 Å². The van der Waals surface area contributed by atoms with Crippen LogP contribution in [-0.4, -0.2) is 107 Å². The third-order valence-electron chi connectivity index (χ3n) is 9.09. The number of nitrogens with zero attached hydrogens (tertiary/aromatic N) is 5. The largest absolute Gasteiger partial charge is 0.384 e. The monoisotopic (exact) mass is 715 g/mol. The van der Waals surface area contributed by atoms with Crippen molar-refractivity contribution in [3.8, 4) is 0 Å². The Bertz CT molecular complexity index is 1730. The van der Waals surface area contributed by atoms with Crippen LogP contribution in [0.3, 0.4) is 0 Å². The van der Waals surface area contributed by atoms with Crippen LogP contribution in [0.25, 0.3) is 0 Å². The van der Waals surface area contributed by atoms with E-state index in [2.05, 4.69) is 20.6 Å². The van der Waals surface area contributed by atoms with Gasteiger partial charge in [0.2, 0.25) is 11.7 Å². The molecular formula is C33H45N7O9S. The van der Waals surface area contributed by atoms with Crippen LogP contribution >= 0.6 is 0 Å². The second-order valence-electron chi connectivity index (χ2n) is 13.4. The zero-order chi connectivity index (χ0) is 36.8. The molecule has 1 aliphatic carbocycles. The molecule has 17 heteroatoms. The number of hydrogen-bond donors (Lipinski definition) is 3. The number of ether oxygens (including phenoxy) is 1. The molecule has 1 saturated carbocycles. The molecule has 50 heavy (non-hydrogen) atoms. The van der Waals surface area contributed by atoms with Crippen molar-refractivity contribution >= 4 is 45.0 Å². The highest BCUT2D eigenvalue weighted by Gasteiger charge is 2.44. The number of nitrogens with two attached hydrogens (primary N) is 1. The lowest BCUT2D eigenvalue weighted by Gasteiger charge is -2.27. The molecule has 1 unspecified atom stereocenters. The number of ketones is 1. The van der Waals surface area contributed by atoms with E-state index in [1.807, 2.05) is 0 Å². The van der Waals surface area contributed by atoms with Crippen LogP contribution in [0.2, 0.25) is 0 Å². The van der Waals surface area contributed by atoms with Crippen LogP contribution in [-0.2, 0) is 39.4 Å². The number of sulfone groups is 1. The van der Waals surface area contributed by atoms with Gasteiger partial charge in [0.05, 0.1) is 41.2 Å². The molecule has 2 aromatic rings. The van der Waals surface area contributed by atoms with Crippen LogP contribution in [0.15, 0.2) is 40.4 Å². The second kappa shape index (κ2) is 16.1. The Morgan fingerprint density at radius 3 is 2.38 bits per heavy atom. The number of Topliss-reactive ketones (excluding diaryl/α,β-unsaturated/α-hetero) is 1. The minimum Gasteiger partial charge on any atom is -0.384 e. The van der Waals surface area contributed by atoms with Gasteiger partial charge in [-0.15, -0.1) is 5.10 Å². The van der Waals surface area contributed by atoms with E-state index in [4.69, 9.17) is 10.5 Å². The Morgan fingerprint density at radius 2 is 1.78 bits per heavy atom. The highest BCUT2D eigenvalue weighted by atomic mass is 32.2. The third-order valence-corrected chi connectivity index (χ3v) is 10.8. The number of aliphatic imine (C=N–C) groups is 1. The first-order valence-electron chi connectivity index (χ1n) is 16.5. The van der Waals surface area contributed by atoms with Gasteiger partial charge in [0, 0.05) is 25.6 Å². The highest BCUT2D eigenvalue weighted by Crippen LogP contribution is 2.33. The van der Waals surface area contributed by atoms with Crippen molar-refractivity contribution in [2.75, 3.05) is 26.0 Å². The van der Waals surface area contributed by atoms with Crippen LogP contribution in [0.1, 0.15) is 87.8 Å². The molecule has 3 atom stereocenters. The number of aliphatic hydroxyl groups is 1. The van der Waals surface area contributed by atoms with Gasteiger partial charge in [-0.05, 0) is 57.4 Å². The van der Waals surface area contributed by atoms with Gasteiger partial charge in [0.25, 0.3) is 17.7 Å². The molecule has 2 fully saturated rings. The highest BCUT2D eigenvalue weighted by molar-refractivity contribution is 7.91. The molecule has 2 aliphatic rings. The van der Waals surface area contributed by atoms with Crippen molar-refractivity contribution in [2.45, 2.75) is 94.3 Å². The molecule has 0 bridgehead atoms. The van der Waals surface area contributed by atoms with E-state index < -0.39 is 63.0 Å². The van der Waals surface area contributed by atoms with Crippen molar-refractivity contribution in [3.05, 3.63) is 41.7 Å². The zero-order valence-electron chi connectivity index (χ0n) is 28.7. The second-order valence-corrected chi connectivity index (χ2v) is 15.5. The van der Waals surface area contributed by atoms with E-state index in [0.29, 0.717) is 5.69 Å². The lowest BCUT2D eigenvalue weighted by molar-refractivity contribution is -0.139. The maximum atomic E-state index is 14.4. The quantitative estimate of drug-likeness (QED) is 0.183. The first kappa shape index (κ1) is 38.5. The van der Waals surface area contributed by atoms with Gasteiger partial charge in [-0.3, -0.25) is 24.0 Å². The molecule has 1 aliphatic heterocycles. The first-order valence-corrected chi connectivity index (χ1v) is 18.2. The number of amides is 4. The van der Waals surface area contributed by atoms with Crippen LogP contribution in [0, 0.1) is 5.92 Å². The summed E-state index contributed by atoms with van der Waals surface area (Å²) in [6.45, 7) is 4.32. The number of benzene rings is 1. The van der Waals surface area contributed by atoms with E-state index in [1.165, 1.54) is 54.1 Å². The Labute approximate surface area is 290 Å². The molecule has 4 amide bonds. The van der Waals surface area contributed by atoms with E-state index in [1.54, 1.807) is 13.8 Å². The molecule has 0 spiro atoms. The summed E-state index contributed by atoms with van der Waals surface area (Å²) in [6.07, 6.45) is 6.15. The van der Waals surface area contributed by atoms with Gasteiger partial charge in [0.15, 0.2) is 9.84 Å². The molecule has 272 valence electrons. The lowest BCUT2D eigenvalue weighted by Crippen LogP contribution is -2.52. The Morgan fingerprint density at radius 1 is 1.12 bits per heavy atom. The normalized spacial score (nSPS) is 19.6. The van der Waals surface area contributed by atoms with Crippen molar-refractivity contribution in [1.29, 1.82) is 0 Å². The van der Waals surface area contributed by atoms with Crippen LogP contribution in [0.4, 0.5) is 0 Å². The molecule has 16 nitrogen and oxygen atoms in total. The Balaban J connectivity index is 1.70. The maximum absolute atomic E-state index is 14.4. The number of methoxy groups -OCH3 is 1. The molecule has 2 heterocycles. The van der Waals surface area contributed by atoms with Crippen molar-refractivity contribution in [1.82, 2.24) is 25.2 Å². The van der Waals surface area contributed by atoms with Gasteiger partial charge in [-0.2, -0.15) is 0 Å². The topological polar surface area (TPSA) is 233 Å². The third kappa shape index (κ3) is 9.25. The molecule has 4 rings (SSSR count). The van der Waals surface area contributed by atoms with Crippen molar-refractivity contribution < 1.29 is 42.2 Å². The average Bonchev–Trinajstić information content (AvgIpc) is 3.75. The molecular weight excluding hydrogens is 670 g/mol. The molecule has 1 saturated heterocycles. The van der Waals surface area contributed by atoms with Gasteiger partial charge in [-0.1, -0.05) is 37.3 Å². The maximum Gasteiger partial charge on any atom is 0.287 e. The standard InChI is InChI=1S/C33H45N7O9S/c1-20(28(41)29(34)42)36-31(44)26-17-23(40-27(18-35-38-40)33(2,3)46)19-39(26)32(45)25(16-21-8-6-5-7-9-21)37-30(43)22-10-12-24(13-11-22)50(47,48)15-14-49-4/h10-13,18,20-21,23,26,46H,5-9,14-17,19H2,1-4H3,(H2,34,42)(H,36,44)/t20?,23-,26-/m0/s1. The summed E-state index contributed by atoms with van der Waals surface area (Å²) in [7, 11) is -2.25. The van der Waals surface area contributed by atoms with Crippen LogP contribution in [0.5, 0.6) is 0 Å². The molecule has 4 N–H and O–H groups in total. The summed E-state index contributed by atoms with van der Waals surface area (Å²) >= 11 is 0. The number of hydrogen-bond acceptors (Lipinski definition) is 11. The number of aromatic nitrogens is 3. The first-order chi connectivity index (χ1) is 23.5. The lowest BCUT2D eigenvalue weighted by atomic mass is 9.85. The smallest absolute Gasteiger partial charge is 0.287 e. The summed E-state index contributed by atoms with van der Waals surface area (Å²) < 4.78 is 31.5. The minimum atomic E-state index is -3.65. The summed E-state index contributed by atoms with van der Waals surface area (Å²) in [5.74, 6) is -4.60. The van der Waals surface area contributed by atoms with E-state index >= 15 is 0 Å². The predicted octanol–water partition coefficient (Wildman–Crippen LogP) is 0.879. The van der Waals surface area contributed by atoms with Gasteiger partial charge in [-0.25, -0.2) is 18.1 Å². The number of likely N-dealkylation sites (tertiary alicyclic amines) is 1. The summed E-state index contributed by atoms with van der Waals surface area (Å²) in [4.78, 5) is 70.9. The Kier molecular flexibility index (Phi) is 12.4. The number of nitrogens with one attached hydrogen (secondary N) is 1. The average molecular weight is 716 g/mol. The van der Waals surface area contributed by atoms with Crippen LogP contribution < -0.4 is 11.1 Å². The number of rotatable bonds is 14.